The number of likely N-dealkylation sites (N-methyl/N-ethyl adjacent to an activating group) is 1. The minimum absolute atomic E-state index is 0.0172. The molecule has 0 unspecified atom stereocenters. The first-order valence-electron chi connectivity index (χ1n) is 9.58. The van der Waals surface area contributed by atoms with Crippen LogP contribution in [-0.4, -0.2) is 44.1 Å². The van der Waals surface area contributed by atoms with Crippen LogP contribution in [0.1, 0.15) is 60.4 Å². The van der Waals surface area contributed by atoms with Crippen molar-refractivity contribution in [2.75, 3.05) is 13.6 Å². The van der Waals surface area contributed by atoms with E-state index < -0.39 is 0 Å². The highest BCUT2D eigenvalue weighted by atomic mass is 16.2. The first kappa shape index (κ1) is 17.6. The standard InChI is InChI=1S/C21H25N5O/c1-14(2)26-20-18(13-23-26)17(12-19(24-20)15-7-8-15)21(27)25(3)11-9-16-6-4-5-10-22-16/h4-6,10,12-15H,7-9,11H2,1-3H3. The lowest BCUT2D eigenvalue weighted by Gasteiger charge is -2.18. The first-order valence-corrected chi connectivity index (χ1v) is 9.58. The Morgan fingerprint density at radius 1 is 1.33 bits per heavy atom. The van der Waals surface area contributed by atoms with Crippen molar-refractivity contribution in [2.45, 2.75) is 45.1 Å². The molecule has 0 spiro atoms. The third-order valence-electron chi connectivity index (χ3n) is 5.08. The Balaban J connectivity index is 1.64. The lowest BCUT2D eigenvalue weighted by molar-refractivity contribution is 0.0798. The van der Waals surface area contributed by atoms with Gasteiger partial charge < -0.3 is 4.90 Å². The summed E-state index contributed by atoms with van der Waals surface area (Å²) in [4.78, 5) is 24.1. The molecule has 3 aromatic rings. The van der Waals surface area contributed by atoms with Gasteiger partial charge in [0.05, 0.1) is 17.1 Å². The number of hydrogen-bond acceptors (Lipinski definition) is 4. The Labute approximate surface area is 159 Å². The summed E-state index contributed by atoms with van der Waals surface area (Å²) in [7, 11) is 1.85. The maximum absolute atomic E-state index is 13.2. The number of pyridine rings is 2. The summed E-state index contributed by atoms with van der Waals surface area (Å²) in [6, 6.07) is 8.04. The van der Waals surface area contributed by atoms with E-state index in [4.69, 9.17) is 4.98 Å². The minimum Gasteiger partial charge on any atom is -0.341 e. The molecule has 1 aliphatic rings. The summed E-state index contributed by atoms with van der Waals surface area (Å²) in [5.74, 6) is 0.499. The Morgan fingerprint density at radius 3 is 2.81 bits per heavy atom. The number of hydrogen-bond donors (Lipinski definition) is 0. The van der Waals surface area contributed by atoms with Gasteiger partial charge in [0.1, 0.15) is 0 Å². The second-order valence-corrected chi connectivity index (χ2v) is 7.59. The van der Waals surface area contributed by atoms with Gasteiger partial charge in [-0.2, -0.15) is 5.10 Å². The third-order valence-corrected chi connectivity index (χ3v) is 5.08. The molecular weight excluding hydrogens is 338 g/mol. The van der Waals surface area contributed by atoms with Gasteiger partial charge in [-0.05, 0) is 44.9 Å². The molecule has 6 heteroatoms. The van der Waals surface area contributed by atoms with Crippen molar-refractivity contribution < 1.29 is 4.79 Å². The summed E-state index contributed by atoms with van der Waals surface area (Å²) in [5.41, 5.74) is 3.53. The van der Waals surface area contributed by atoms with E-state index in [1.165, 1.54) is 0 Å². The van der Waals surface area contributed by atoms with Gasteiger partial charge in [0.2, 0.25) is 0 Å². The Bertz CT molecular complexity index is 959. The molecule has 1 saturated carbocycles. The quantitative estimate of drug-likeness (QED) is 0.671. The molecule has 0 bridgehead atoms. The zero-order valence-electron chi connectivity index (χ0n) is 16.1. The number of rotatable bonds is 6. The zero-order valence-corrected chi connectivity index (χ0v) is 16.1. The lowest BCUT2D eigenvalue weighted by atomic mass is 10.1. The molecule has 140 valence electrons. The molecule has 0 N–H and O–H groups in total. The molecule has 4 rings (SSSR count). The highest BCUT2D eigenvalue weighted by molar-refractivity contribution is 6.05. The predicted molar refractivity (Wildman–Crippen MR) is 105 cm³/mol. The molecule has 3 heterocycles. The van der Waals surface area contributed by atoms with Gasteiger partial charge >= 0.3 is 0 Å². The molecular formula is C21H25N5O. The maximum atomic E-state index is 13.2. The van der Waals surface area contributed by atoms with Crippen LogP contribution in [0, 0.1) is 0 Å². The summed E-state index contributed by atoms with van der Waals surface area (Å²) in [5, 5.41) is 5.32. The van der Waals surface area contributed by atoms with Crippen LogP contribution in [0.15, 0.2) is 36.7 Å². The van der Waals surface area contributed by atoms with Crippen LogP contribution in [0.3, 0.4) is 0 Å². The molecule has 1 amide bonds. The molecule has 1 aliphatic carbocycles. The molecule has 0 saturated heterocycles. The van der Waals surface area contributed by atoms with Crippen LogP contribution in [0.25, 0.3) is 11.0 Å². The summed E-state index contributed by atoms with van der Waals surface area (Å²) < 4.78 is 1.91. The topological polar surface area (TPSA) is 63.9 Å². The highest BCUT2D eigenvalue weighted by Gasteiger charge is 2.28. The first-order chi connectivity index (χ1) is 13.0. The Morgan fingerprint density at radius 2 is 2.15 bits per heavy atom. The van der Waals surface area contributed by atoms with Crippen molar-refractivity contribution in [1.29, 1.82) is 0 Å². The van der Waals surface area contributed by atoms with Crippen molar-refractivity contribution >= 4 is 16.9 Å². The van der Waals surface area contributed by atoms with E-state index in [2.05, 4.69) is 23.9 Å². The Kier molecular flexibility index (Phi) is 4.64. The van der Waals surface area contributed by atoms with Crippen LogP contribution in [0.4, 0.5) is 0 Å². The van der Waals surface area contributed by atoms with Gasteiger partial charge in [-0.3, -0.25) is 9.78 Å². The highest BCUT2D eigenvalue weighted by Crippen LogP contribution is 2.40. The van der Waals surface area contributed by atoms with Gasteiger partial charge in [0.25, 0.3) is 5.91 Å². The average Bonchev–Trinajstić information content (AvgIpc) is 3.44. The van der Waals surface area contributed by atoms with Crippen molar-refractivity contribution in [2.24, 2.45) is 0 Å². The van der Waals surface area contributed by atoms with E-state index in [9.17, 15) is 4.79 Å². The summed E-state index contributed by atoms with van der Waals surface area (Å²) in [6.45, 7) is 4.79. The molecule has 27 heavy (non-hydrogen) atoms. The normalized spacial score (nSPS) is 14.1. The van der Waals surface area contributed by atoms with E-state index in [1.807, 2.05) is 36.0 Å². The predicted octanol–water partition coefficient (Wildman–Crippen LogP) is 3.60. The van der Waals surface area contributed by atoms with Crippen LogP contribution in [-0.2, 0) is 6.42 Å². The van der Waals surface area contributed by atoms with Gasteiger partial charge in [-0.1, -0.05) is 6.07 Å². The molecule has 0 aliphatic heterocycles. The SMILES string of the molecule is CC(C)n1ncc2c(C(=O)N(C)CCc3ccccn3)cc(C3CC3)nc21. The maximum Gasteiger partial charge on any atom is 0.254 e. The fourth-order valence-electron chi connectivity index (χ4n) is 3.32. The van der Waals surface area contributed by atoms with Crippen molar-refractivity contribution in [3.05, 3.63) is 53.6 Å². The van der Waals surface area contributed by atoms with Crippen LogP contribution >= 0.6 is 0 Å². The molecule has 0 radical (unpaired) electrons. The van der Waals surface area contributed by atoms with Gasteiger partial charge in [-0.15, -0.1) is 0 Å². The lowest BCUT2D eigenvalue weighted by Crippen LogP contribution is -2.29. The van der Waals surface area contributed by atoms with Crippen LogP contribution in [0.5, 0.6) is 0 Å². The van der Waals surface area contributed by atoms with Crippen molar-refractivity contribution in [3.63, 3.8) is 0 Å². The summed E-state index contributed by atoms with van der Waals surface area (Å²) >= 11 is 0. The van der Waals surface area contributed by atoms with Crippen molar-refractivity contribution in [3.8, 4) is 0 Å². The van der Waals surface area contributed by atoms with Crippen LogP contribution < -0.4 is 0 Å². The average molecular weight is 363 g/mol. The van der Waals surface area contributed by atoms with E-state index in [1.54, 1.807) is 17.3 Å². The number of nitrogens with zero attached hydrogens (tertiary/aromatic N) is 5. The van der Waals surface area contributed by atoms with Gasteiger partial charge in [-0.25, -0.2) is 9.67 Å². The molecule has 0 aromatic carbocycles. The largest absolute Gasteiger partial charge is 0.341 e. The number of amides is 1. The van der Waals surface area contributed by atoms with E-state index in [-0.39, 0.29) is 11.9 Å². The molecule has 3 aromatic heterocycles. The fourth-order valence-corrected chi connectivity index (χ4v) is 3.32. The smallest absolute Gasteiger partial charge is 0.254 e. The van der Waals surface area contributed by atoms with Gasteiger partial charge in [0.15, 0.2) is 5.65 Å². The van der Waals surface area contributed by atoms with E-state index in [0.717, 1.165) is 41.7 Å². The second kappa shape index (κ2) is 7.10. The van der Waals surface area contributed by atoms with Gasteiger partial charge in [0, 0.05) is 49.6 Å². The van der Waals surface area contributed by atoms with E-state index in [0.29, 0.717) is 18.0 Å². The number of fused-ring (bicyclic) bond motifs is 1. The van der Waals surface area contributed by atoms with Crippen LogP contribution in [0.2, 0.25) is 0 Å². The third kappa shape index (κ3) is 3.56. The molecule has 0 atom stereocenters. The molecule has 6 nitrogen and oxygen atoms in total. The van der Waals surface area contributed by atoms with Crippen molar-refractivity contribution in [1.82, 2.24) is 24.6 Å². The number of aromatic nitrogens is 4. The summed E-state index contributed by atoms with van der Waals surface area (Å²) in [6.07, 6.45) is 6.59. The molecule has 1 fully saturated rings. The number of carbonyl (C=O) groups excluding carboxylic acids is 1. The Hall–Kier alpha value is -2.76. The monoisotopic (exact) mass is 363 g/mol. The minimum atomic E-state index is 0.0172. The number of carbonyl (C=O) groups is 1. The zero-order chi connectivity index (χ0) is 19.0. The van der Waals surface area contributed by atoms with E-state index >= 15 is 0 Å². The fraction of sp³-hybridized carbons (Fsp3) is 0.429. The second-order valence-electron chi connectivity index (χ2n) is 7.59.